The number of rotatable bonds is 3. The highest BCUT2D eigenvalue weighted by atomic mass is 35.5. The van der Waals surface area contributed by atoms with Crippen molar-refractivity contribution in [2.45, 2.75) is 25.3 Å². The summed E-state index contributed by atoms with van der Waals surface area (Å²) in [6.07, 6.45) is 5.62. The SMILES string of the molecule is Cl.c1csc(OCC2CCCCN2)n1. The maximum atomic E-state index is 5.53. The highest BCUT2D eigenvalue weighted by Crippen LogP contribution is 2.15. The van der Waals surface area contributed by atoms with Crippen LogP contribution in [-0.2, 0) is 0 Å². The monoisotopic (exact) mass is 234 g/mol. The molecule has 80 valence electrons. The van der Waals surface area contributed by atoms with E-state index in [4.69, 9.17) is 4.74 Å². The molecule has 5 heteroatoms. The molecule has 1 aliphatic rings. The number of halogens is 1. The minimum Gasteiger partial charge on any atom is -0.468 e. The molecule has 14 heavy (non-hydrogen) atoms. The van der Waals surface area contributed by atoms with Gasteiger partial charge in [0.2, 0.25) is 0 Å². The Hall–Kier alpha value is -0.320. The number of hydrogen-bond donors (Lipinski definition) is 1. The van der Waals surface area contributed by atoms with E-state index in [0.29, 0.717) is 6.04 Å². The third kappa shape index (κ3) is 3.44. The quantitative estimate of drug-likeness (QED) is 0.870. The van der Waals surface area contributed by atoms with Crippen molar-refractivity contribution < 1.29 is 4.74 Å². The number of ether oxygens (including phenoxy) is 1. The Morgan fingerprint density at radius 2 is 2.50 bits per heavy atom. The fourth-order valence-electron chi connectivity index (χ4n) is 1.52. The van der Waals surface area contributed by atoms with E-state index in [1.807, 2.05) is 5.38 Å². The van der Waals surface area contributed by atoms with Gasteiger partial charge in [-0.3, -0.25) is 0 Å². The fraction of sp³-hybridized carbons (Fsp3) is 0.667. The summed E-state index contributed by atoms with van der Waals surface area (Å²) in [5.74, 6) is 0. The maximum absolute atomic E-state index is 5.53. The number of nitrogens with zero attached hydrogens (tertiary/aromatic N) is 1. The zero-order valence-corrected chi connectivity index (χ0v) is 9.57. The van der Waals surface area contributed by atoms with Crippen LogP contribution >= 0.6 is 23.7 Å². The lowest BCUT2D eigenvalue weighted by atomic mass is 10.1. The molecule has 1 N–H and O–H groups in total. The first-order valence-corrected chi connectivity index (χ1v) is 5.59. The molecule has 0 aromatic carbocycles. The highest BCUT2D eigenvalue weighted by Gasteiger charge is 2.13. The van der Waals surface area contributed by atoms with Crippen molar-refractivity contribution in [3.05, 3.63) is 11.6 Å². The van der Waals surface area contributed by atoms with E-state index >= 15 is 0 Å². The lowest BCUT2D eigenvalue weighted by molar-refractivity contribution is 0.238. The van der Waals surface area contributed by atoms with Crippen LogP contribution in [0.3, 0.4) is 0 Å². The summed E-state index contributed by atoms with van der Waals surface area (Å²) in [4.78, 5) is 4.07. The Morgan fingerprint density at radius 3 is 3.14 bits per heavy atom. The second kappa shape index (κ2) is 6.22. The van der Waals surface area contributed by atoms with Crippen molar-refractivity contribution in [3.63, 3.8) is 0 Å². The van der Waals surface area contributed by atoms with Crippen LogP contribution in [0.1, 0.15) is 19.3 Å². The molecule has 1 aliphatic heterocycles. The van der Waals surface area contributed by atoms with Crippen molar-refractivity contribution >= 4 is 23.7 Å². The molecule has 1 unspecified atom stereocenters. The van der Waals surface area contributed by atoms with E-state index in [0.717, 1.165) is 18.3 Å². The van der Waals surface area contributed by atoms with Crippen LogP contribution in [-0.4, -0.2) is 24.2 Å². The Balaban J connectivity index is 0.000000980. The number of piperidine rings is 1. The second-order valence-corrected chi connectivity index (χ2v) is 4.11. The van der Waals surface area contributed by atoms with Crippen molar-refractivity contribution in [2.24, 2.45) is 0 Å². The summed E-state index contributed by atoms with van der Waals surface area (Å²) >= 11 is 1.55. The highest BCUT2D eigenvalue weighted by molar-refractivity contribution is 7.11. The molecular weight excluding hydrogens is 220 g/mol. The summed E-state index contributed by atoms with van der Waals surface area (Å²) in [5.41, 5.74) is 0. The van der Waals surface area contributed by atoms with Gasteiger partial charge in [-0.25, -0.2) is 4.98 Å². The number of thiazole rings is 1. The second-order valence-electron chi connectivity index (χ2n) is 3.26. The molecule has 2 heterocycles. The molecule has 0 spiro atoms. The van der Waals surface area contributed by atoms with Gasteiger partial charge in [0.15, 0.2) is 0 Å². The number of nitrogens with one attached hydrogen (secondary N) is 1. The molecule has 1 aromatic heterocycles. The first-order valence-electron chi connectivity index (χ1n) is 4.71. The third-order valence-corrected chi connectivity index (χ3v) is 2.91. The van der Waals surface area contributed by atoms with Gasteiger partial charge in [-0.15, -0.1) is 12.4 Å². The Kier molecular flexibility index (Phi) is 5.22. The predicted octanol–water partition coefficient (Wildman–Crippen LogP) is 2.09. The Morgan fingerprint density at radius 1 is 1.57 bits per heavy atom. The average molecular weight is 235 g/mol. The first-order chi connectivity index (χ1) is 6.45. The van der Waals surface area contributed by atoms with Gasteiger partial charge < -0.3 is 10.1 Å². The molecule has 0 amide bonds. The number of hydrogen-bond acceptors (Lipinski definition) is 4. The molecular formula is C9H15ClN2OS. The minimum atomic E-state index is 0. The van der Waals surface area contributed by atoms with Gasteiger partial charge in [-0.2, -0.15) is 0 Å². The first kappa shape index (κ1) is 11.8. The van der Waals surface area contributed by atoms with Crippen LogP contribution in [0.4, 0.5) is 0 Å². The molecule has 1 atom stereocenters. The van der Waals surface area contributed by atoms with Crippen LogP contribution in [0.2, 0.25) is 0 Å². The molecule has 1 aromatic rings. The molecule has 1 fully saturated rings. The van der Waals surface area contributed by atoms with Crippen LogP contribution in [0.25, 0.3) is 0 Å². The average Bonchev–Trinajstić information content (AvgIpc) is 2.69. The van der Waals surface area contributed by atoms with Crippen molar-refractivity contribution in [1.29, 1.82) is 0 Å². The largest absolute Gasteiger partial charge is 0.468 e. The molecule has 3 nitrogen and oxygen atoms in total. The lowest BCUT2D eigenvalue weighted by Gasteiger charge is -2.22. The molecule has 0 radical (unpaired) electrons. The van der Waals surface area contributed by atoms with E-state index < -0.39 is 0 Å². The van der Waals surface area contributed by atoms with E-state index in [1.54, 1.807) is 17.5 Å². The number of aromatic nitrogens is 1. The summed E-state index contributed by atoms with van der Waals surface area (Å²) in [5, 5.41) is 6.15. The predicted molar refractivity (Wildman–Crippen MR) is 60.5 cm³/mol. The van der Waals surface area contributed by atoms with Crippen LogP contribution in [0.5, 0.6) is 5.19 Å². The molecule has 1 saturated heterocycles. The Bertz CT molecular complexity index is 237. The maximum Gasteiger partial charge on any atom is 0.273 e. The molecule has 0 saturated carbocycles. The van der Waals surface area contributed by atoms with Crippen molar-refractivity contribution in [2.75, 3.05) is 13.2 Å². The van der Waals surface area contributed by atoms with Gasteiger partial charge in [0, 0.05) is 17.6 Å². The fourth-order valence-corrected chi connectivity index (χ4v) is 2.02. The summed E-state index contributed by atoms with van der Waals surface area (Å²) in [6.45, 7) is 1.89. The summed E-state index contributed by atoms with van der Waals surface area (Å²) in [6, 6.07) is 0.526. The topological polar surface area (TPSA) is 34.1 Å². The third-order valence-electron chi connectivity index (χ3n) is 2.23. The van der Waals surface area contributed by atoms with Crippen LogP contribution in [0, 0.1) is 0 Å². The zero-order chi connectivity index (χ0) is 8.93. The lowest BCUT2D eigenvalue weighted by Crippen LogP contribution is -2.38. The molecule has 0 bridgehead atoms. The van der Waals surface area contributed by atoms with Crippen LogP contribution < -0.4 is 10.1 Å². The van der Waals surface area contributed by atoms with Crippen molar-refractivity contribution in [1.82, 2.24) is 10.3 Å². The van der Waals surface area contributed by atoms with Gasteiger partial charge in [0.05, 0.1) is 0 Å². The van der Waals surface area contributed by atoms with E-state index in [2.05, 4.69) is 10.3 Å². The minimum absolute atomic E-state index is 0. The van der Waals surface area contributed by atoms with Gasteiger partial charge in [0.1, 0.15) is 6.61 Å². The zero-order valence-electron chi connectivity index (χ0n) is 7.94. The Labute approximate surface area is 94.3 Å². The van der Waals surface area contributed by atoms with E-state index in [1.165, 1.54) is 19.3 Å². The van der Waals surface area contributed by atoms with Crippen molar-refractivity contribution in [3.8, 4) is 5.19 Å². The molecule has 2 rings (SSSR count). The summed E-state index contributed by atoms with van der Waals surface area (Å²) in [7, 11) is 0. The van der Waals surface area contributed by atoms with Gasteiger partial charge in [-0.05, 0) is 19.4 Å². The smallest absolute Gasteiger partial charge is 0.273 e. The van der Waals surface area contributed by atoms with E-state index in [-0.39, 0.29) is 12.4 Å². The van der Waals surface area contributed by atoms with Crippen LogP contribution in [0.15, 0.2) is 11.6 Å². The van der Waals surface area contributed by atoms with Gasteiger partial charge in [-0.1, -0.05) is 17.8 Å². The summed E-state index contributed by atoms with van der Waals surface area (Å²) < 4.78 is 5.53. The molecule has 0 aliphatic carbocycles. The van der Waals surface area contributed by atoms with Gasteiger partial charge in [0.25, 0.3) is 5.19 Å². The van der Waals surface area contributed by atoms with E-state index in [9.17, 15) is 0 Å². The standard InChI is InChI=1S/C9H14N2OS.ClH/c1-2-4-10-8(3-1)7-12-9-11-5-6-13-9;/h5-6,8,10H,1-4,7H2;1H. The normalized spacial score (nSPS) is 21.3. The van der Waals surface area contributed by atoms with Gasteiger partial charge >= 0.3 is 0 Å².